The Morgan fingerprint density at radius 1 is 1.33 bits per heavy atom. The standard InChI is InChI=1S/C15H22O3/c1-9(2)13(16)10-6-11-8-15(3,4)18-14(11)12(7-10)17-5/h6-7,9,13,16H,8H2,1-5H3. The fourth-order valence-corrected chi connectivity index (χ4v) is 2.41. The lowest BCUT2D eigenvalue weighted by atomic mass is 9.94. The van der Waals surface area contributed by atoms with Gasteiger partial charge in [0, 0.05) is 12.0 Å². The monoisotopic (exact) mass is 250 g/mol. The summed E-state index contributed by atoms with van der Waals surface area (Å²) in [4.78, 5) is 0. The van der Waals surface area contributed by atoms with Crippen molar-refractivity contribution >= 4 is 0 Å². The highest BCUT2D eigenvalue weighted by molar-refractivity contribution is 5.53. The van der Waals surface area contributed by atoms with Crippen molar-refractivity contribution in [2.24, 2.45) is 5.92 Å². The zero-order chi connectivity index (χ0) is 13.5. The molecule has 18 heavy (non-hydrogen) atoms. The van der Waals surface area contributed by atoms with Gasteiger partial charge < -0.3 is 14.6 Å². The van der Waals surface area contributed by atoms with Crippen molar-refractivity contribution in [1.29, 1.82) is 0 Å². The van der Waals surface area contributed by atoms with E-state index in [1.807, 2.05) is 26.0 Å². The molecule has 0 saturated heterocycles. The van der Waals surface area contributed by atoms with Crippen LogP contribution in [0.2, 0.25) is 0 Å². The molecule has 0 amide bonds. The van der Waals surface area contributed by atoms with Gasteiger partial charge in [-0.2, -0.15) is 0 Å². The summed E-state index contributed by atoms with van der Waals surface area (Å²) in [6.07, 6.45) is 0.380. The van der Waals surface area contributed by atoms with Crippen LogP contribution in [0.1, 0.15) is 44.9 Å². The molecule has 3 nitrogen and oxygen atoms in total. The van der Waals surface area contributed by atoms with Crippen LogP contribution >= 0.6 is 0 Å². The van der Waals surface area contributed by atoms with Crippen molar-refractivity contribution in [3.63, 3.8) is 0 Å². The normalized spacial score (nSPS) is 18.4. The van der Waals surface area contributed by atoms with Crippen molar-refractivity contribution in [3.8, 4) is 11.5 Å². The summed E-state index contributed by atoms with van der Waals surface area (Å²) in [5.74, 6) is 1.72. The number of aliphatic hydroxyl groups excluding tert-OH is 1. The molecule has 0 fully saturated rings. The van der Waals surface area contributed by atoms with Crippen LogP contribution in [-0.2, 0) is 6.42 Å². The first-order chi connectivity index (χ1) is 8.34. The molecule has 0 bridgehead atoms. The third kappa shape index (κ3) is 2.32. The Hall–Kier alpha value is -1.22. The van der Waals surface area contributed by atoms with E-state index in [-0.39, 0.29) is 11.5 Å². The van der Waals surface area contributed by atoms with Crippen LogP contribution in [0.25, 0.3) is 0 Å². The smallest absolute Gasteiger partial charge is 0.165 e. The summed E-state index contributed by atoms with van der Waals surface area (Å²) < 4.78 is 11.3. The molecule has 0 aliphatic carbocycles. The summed E-state index contributed by atoms with van der Waals surface area (Å²) in [7, 11) is 1.63. The quantitative estimate of drug-likeness (QED) is 0.896. The van der Waals surface area contributed by atoms with Crippen LogP contribution < -0.4 is 9.47 Å². The van der Waals surface area contributed by atoms with E-state index in [4.69, 9.17) is 9.47 Å². The number of benzene rings is 1. The highest BCUT2D eigenvalue weighted by atomic mass is 16.5. The molecule has 1 aliphatic heterocycles. The summed E-state index contributed by atoms with van der Waals surface area (Å²) >= 11 is 0. The van der Waals surface area contributed by atoms with Crippen molar-refractivity contribution in [1.82, 2.24) is 0 Å². The number of hydrogen-bond acceptors (Lipinski definition) is 3. The second-order valence-electron chi connectivity index (χ2n) is 5.94. The van der Waals surface area contributed by atoms with Crippen molar-refractivity contribution in [2.75, 3.05) is 7.11 Å². The molecule has 100 valence electrons. The Morgan fingerprint density at radius 3 is 2.56 bits per heavy atom. The molecule has 3 heteroatoms. The van der Waals surface area contributed by atoms with E-state index in [1.54, 1.807) is 7.11 Å². The Balaban J connectivity index is 2.44. The molecule has 0 saturated carbocycles. The van der Waals surface area contributed by atoms with Gasteiger partial charge in [-0.1, -0.05) is 13.8 Å². The van der Waals surface area contributed by atoms with Gasteiger partial charge in [0.05, 0.1) is 13.2 Å². The minimum absolute atomic E-state index is 0.183. The number of fused-ring (bicyclic) bond motifs is 1. The van der Waals surface area contributed by atoms with Crippen molar-refractivity contribution in [2.45, 2.75) is 45.8 Å². The van der Waals surface area contributed by atoms with Crippen LogP contribution in [0, 0.1) is 5.92 Å². The highest BCUT2D eigenvalue weighted by Crippen LogP contribution is 2.44. The second-order valence-corrected chi connectivity index (χ2v) is 5.94. The average molecular weight is 250 g/mol. The fraction of sp³-hybridized carbons (Fsp3) is 0.600. The lowest BCUT2D eigenvalue weighted by Gasteiger charge is -2.18. The minimum atomic E-state index is -0.465. The van der Waals surface area contributed by atoms with Gasteiger partial charge in [0.25, 0.3) is 0 Å². The summed E-state index contributed by atoms with van der Waals surface area (Å²) in [5.41, 5.74) is 1.83. The van der Waals surface area contributed by atoms with Gasteiger partial charge >= 0.3 is 0 Å². The van der Waals surface area contributed by atoms with Gasteiger partial charge in [-0.15, -0.1) is 0 Å². The van der Waals surface area contributed by atoms with Crippen molar-refractivity contribution in [3.05, 3.63) is 23.3 Å². The van der Waals surface area contributed by atoms with Gasteiger partial charge in [-0.25, -0.2) is 0 Å². The lowest BCUT2D eigenvalue weighted by molar-refractivity contribution is 0.126. The third-order valence-corrected chi connectivity index (χ3v) is 3.34. The maximum atomic E-state index is 10.2. The van der Waals surface area contributed by atoms with E-state index >= 15 is 0 Å². The van der Waals surface area contributed by atoms with Crippen LogP contribution in [0.5, 0.6) is 11.5 Å². The van der Waals surface area contributed by atoms with Gasteiger partial charge in [0.15, 0.2) is 11.5 Å². The first-order valence-electron chi connectivity index (χ1n) is 6.42. The predicted octanol–water partition coefficient (Wildman–Crippen LogP) is 3.10. The summed E-state index contributed by atoms with van der Waals surface area (Å²) in [6, 6.07) is 3.92. The van der Waals surface area contributed by atoms with Gasteiger partial charge in [-0.3, -0.25) is 0 Å². The topological polar surface area (TPSA) is 38.7 Å². The Labute approximate surface area is 109 Å². The first-order valence-corrected chi connectivity index (χ1v) is 6.42. The maximum Gasteiger partial charge on any atom is 0.165 e. The molecule has 0 spiro atoms. The zero-order valence-electron chi connectivity index (χ0n) is 11.8. The molecule has 1 N–H and O–H groups in total. The van der Waals surface area contributed by atoms with Gasteiger partial charge in [-0.05, 0) is 37.5 Å². The van der Waals surface area contributed by atoms with Crippen LogP contribution in [0.3, 0.4) is 0 Å². The number of hydrogen-bond donors (Lipinski definition) is 1. The Morgan fingerprint density at radius 2 is 2.00 bits per heavy atom. The molecular weight excluding hydrogens is 228 g/mol. The van der Waals surface area contributed by atoms with E-state index in [0.29, 0.717) is 5.75 Å². The maximum absolute atomic E-state index is 10.2. The van der Waals surface area contributed by atoms with E-state index in [0.717, 1.165) is 23.3 Å². The minimum Gasteiger partial charge on any atom is -0.493 e. The molecule has 1 aromatic rings. The van der Waals surface area contributed by atoms with Crippen LogP contribution in [-0.4, -0.2) is 17.8 Å². The average Bonchev–Trinajstić information content (AvgIpc) is 2.60. The zero-order valence-corrected chi connectivity index (χ0v) is 11.8. The van der Waals surface area contributed by atoms with E-state index in [9.17, 15) is 5.11 Å². The highest BCUT2D eigenvalue weighted by Gasteiger charge is 2.33. The number of ether oxygens (including phenoxy) is 2. The number of aliphatic hydroxyl groups is 1. The second kappa shape index (κ2) is 4.47. The third-order valence-electron chi connectivity index (χ3n) is 3.34. The van der Waals surface area contributed by atoms with Gasteiger partial charge in [0.1, 0.15) is 5.60 Å². The molecule has 0 aromatic heterocycles. The predicted molar refractivity (Wildman–Crippen MR) is 71.2 cm³/mol. The molecule has 1 aromatic carbocycles. The van der Waals surface area contributed by atoms with E-state index < -0.39 is 6.10 Å². The summed E-state index contributed by atoms with van der Waals surface area (Å²) in [6.45, 7) is 8.13. The van der Waals surface area contributed by atoms with Crippen LogP contribution in [0.4, 0.5) is 0 Å². The Kier molecular flexibility index (Phi) is 3.28. The first kappa shape index (κ1) is 13.2. The molecule has 2 rings (SSSR count). The lowest BCUT2D eigenvalue weighted by Crippen LogP contribution is -2.24. The molecule has 1 atom stereocenters. The number of rotatable bonds is 3. The molecule has 0 radical (unpaired) electrons. The van der Waals surface area contributed by atoms with E-state index in [1.165, 1.54) is 0 Å². The summed E-state index contributed by atoms with van der Waals surface area (Å²) in [5, 5.41) is 10.2. The fourth-order valence-electron chi connectivity index (χ4n) is 2.41. The molecule has 1 unspecified atom stereocenters. The number of methoxy groups -OCH3 is 1. The Bertz CT molecular complexity index is 449. The van der Waals surface area contributed by atoms with E-state index in [2.05, 4.69) is 13.8 Å². The SMILES string of the molecule is COc1cc(C(O)C(C)C)cc2c1OC(C)(C)C2. The molecular formula is C15H22O3. The largest absolute Gasteiger partial charge is 0.493 e. The molecule has 1 heterocycles. The van der Waals surface area contributed by atoms with Gasteiger partial charge in [0.2, 0.25) is 0 Å². The van der Waals surface area contributed by atoms with Crippen molar-refractivity contribution < 1.29 is 14.6 Å². The van der Waals surface area contributed by atoms with Crippen LogP contribution in [0.15, 0.2) is 12.1 Å². The molecule has 1 aliphatic rings.